The number of nitrogens with one attached hydrogen (secondary N) is 1. The van der Waals surface area contributed by atoms with E-state index in [-0.39, 0.29) is 38.5 Å². The molecule has 0 aliphatic rings. The molecule has 6 nitrogen and oxygen atoms in total. The van der Waals surface area contributed by atoms with E-state index in [0.29, 0.717) is 0 Å². The SMILES string of the molecule is CCOC(=O)c1ccccc1NS(=O)(=O)c1ccc(OC)c(Cl)c1Cl. The van der Waals surface area contributed by atoms with E-state index in [1.54, 1.807) is 19.1 Å². The van der Waals surface area contributed by atoms with E-state index in [0.717, 1.165) is 0 Å². The Kier molecular flexibility index (Phi) is 6.16. The van der Waals surface area contributed by atoms with Crippen LogP contribution in [0.5, 0.6) is 5.75 Å². The minimum absolute atomic E-state index is 0.0225. The Morgan fingerprint density at radius 3 is 2.44 bits per heavy atom. The van der Waals surface area contributed by atoms with Crippen molar-refractivity contribution >= 4 is 44.9 Å². The van der Waals surface area contributed by atoms with E-state index >= 15 is 0 Å². The Morgan fingerprint density at radius 1 is 1.12 bits per heavy atom. The summed E-state index contributed by atoms with van der Waals surface area (Å²) < 4.78 is 37.6. The van der Waals surface area contributed by atoms with Crippen LogP contribution in [-0.2, 0) is 14.8 Å². The quantitative estimate of drug-likeness (QED) is 0.737. The number of halogens is 2. The second-order valence-corrected chi connectivity index (χ2v) is 7.17. The molecule has 0 aromatic heterocycles. The van der Waals surface area contributed by atoms with Crippen molar-refractivity contribution in [1.82, 2.24) is 0 Å². The predicted molar refractivity (Wildman–Crippen MR) is 96.2 cm³/mol. The fourth-order valence-electron chi connectivity index (χ4n) is 2.04. The van der Waals surface area contributed by atoms with Gasteiger partial charge in [-0.15, -0.1) is 0 Å². The molecule has 0 unspecified atom stereocenters. The zero-order valence-corrected chi connectivity index (χ0v) is 15.7. The summed E-state index contributed by atoms with van der Waals surface area (Å²) >= 11 is 12.1. The van der Waals surface area contributed by atoms with Gasteiger partial charge in [-0.2, -0.15) is 0 Å². The molecule has 0 heterocycles. The molecule has 0 bridgehead atoms. The summed E-state index contributed by atoms with van der Waals surface area (Å²) in [5, 5.41) is -0.201. The van der Waals surface area contributed by atoms with E-state index < -0.39 is 16.0 Å². The molecule has 0 spiro atoms. The summed E-state index contributed by atoms with van der Waals surface area (Å²) in [7, 11) is -2.70. The highest BCUT2D eigenvalue weighted by atomic mass is 35.5. The van der Waals surface area contributed by atoms with E-state index in [2.05, 4.69) is 4.72 Å². The second-order valence-electron chi connectivity index (χ2n) is 4.77. The van der Waals surface area contributed by atoms with Crippen molar-refractivity contribution in [1.29, 1.82) is 0 Å². The van der Waals surface area contributed by atoms with Crippen LogP contribution < -0.4 is 9.46 Å². The molecule has 0 saturated heterocycles. The molecule has 0 aliphatic heterocycles. The molecule has 2 aromatic rings. The number of esters is 1. The number of anilines is 1. The van der Waals surface area contributed by atoms with Gasteiger partial charge in [0.2, 0.25) is 0 Å². The first kappa shape index (κ1) is 19.4. The van der Waals surface area contributed by atoms with Crippen LogP contribution in [0.2, 0.25) is 10.0 Å². The van der Waals surface area contributed by atoms with Gasteiger partial charge in [-0.1, -0.05) is 35.3 Å². The summed E-state index contributed by atoms with van der Waals surface area (Å²) in [6.45, 7) is 1.82. The Bertz CT molecular complexity index is 899. The van der Waals surface area contributed by atoms with Crippen molar-refractivity contribution in [2.75, 3.05) is 18.4 Å². The number of carbonyl (C=O) groups excluding carboxylic acids is 1. The van der Waals surface area contributed by atoms with Crippen LogP contribution in [0, 0.1) is 0 Å². The molecule has 1 N–H and O–H groups in total. The Labute approximate surface area is 155 Å². The zero-order chi connectivity index (χ0) is 18.6. The molecule has 0 fully saturated rings. The van der Waals surface area contributed by atoms with E-state index in [1.807, 2.05) is 0 Å². The molecule has 2 rings (SSSR count). The maximum atomic E-state index is 12.7. The van der Waals surface area contributed by atoms with Gasteiger partial charge < -0.3 is 9.47 Å². The van der Waals surface area contributed by atoms with Gasteiger partial charge in [0.15, 0.2) is 0 Å². The molecule has 0 saturated carbocycles. The Hall–Kier alpha value is -1.96. The number of hydrogen-bond acceptors (Lipinski definition) is 5. The lowest BCUT2D eigenvalue weighted by Gasteiger charge is -2.14. The van der Waals surface area contributed by atoms with Crippen LogP contribution >= 0.6 is 23.2 Å². The molecule has 0 amide bonds. The van der Waals surface area contributed by atoms with Gasteiger partial charge in [-0.25, -0.2) is 13.2 Å². The highest BCUT2D eigenvalue weighted by molar-refractivity contribution is 7.92. The number of benzene rings is 2. The van der Waals surface area contributed by atoms with Crippen LogP contribution in [0.15, 0.2) is 41.3 Å². The van der Waals surface area contributed by atoms with Gasteiger partial charge in [0, 0.05) is 0 Å². The van der Waals surface area contributed by atoms with Gasteiger partial charge in [0.1, 0.15) is 15.7 Å². The number of sulfonamides is 1. The highest BCUT2D eigenvalue weighted by Gasteiger charge is 2.24. The van der Waals surface area contributed by atoms with E-state index in [4.69, 9.17) is 32.7 Å². The fourth-order valence-corrected chi connectivity index (χ4v) is 3.96. The molecule has 0 atom stereocenters. The number of rotatable bonds is 6. The maximum Gasteiger partial charge on any atom is 0.340 e. The zero-order valence-electron chi connectivity index (χ0n) is 13.4. The number of ether oxygens (including phenoxy) is 2. The fraction of sp³-hybridized carbons (Fsp3) is 0.188. The van der Waals surface area contributed by atoms with Crippen molar-refractivity contribution in [2.24, 2.45) is 0 Å². The molecular weight excluding hydrogens is 389 g/mol. The maximum absolute atomic E-state index is 12.7. The number of carbonyl (C=O) groups is 1. The normalized spacial score (nSPS) is 11.0. The van der Waals surface area contributed by atoms with Crippen molar-refractivity contribution < 1.29 is 22.7 Å². The monoisotopic (exact) mass is 403 g/mol. The smallest absolute Gasteiger partial charge is 0.340 e. The minimum atomic E-state index is -4.09. The third kappa shape index (κ3) is 4.18. The Morgan fingerprint density at radius 2 is 1.80 bits per heavy atom. The minimum Gasteiger partial charge on any atom is -0.495 e. The average molecular weight is 404 g/mol. The van der Waals surface area contributed by atoms with Crippen molar-refractivity contribution in [2.45, 2.75) is 11.8 Å². The van der Waals surface area contributed by atoms with Gasteiger partial charge >= 0.3 is 5.97 Å². The summed E-state index contributed by atoms with van der Waals surface area (Å²) in [6, 6.07) is 8.74. The first-order chi connectivity index (χ1) is 11.8. The molecule has 9 heteroatoms. The molecule has 0 radical (unpaired) electrons. The van der Waals surface area contributed by atoms with Crippen molar-refractivity contribution in [3.63, 3.8) is 0 Å². The van der Waals surface area contributed by atoms with Crippen LogP contribution in [0.4, 0.5) is 5.69 Å². The second kappa shape index (κ2) is 7.95. The lowest BCUT2D eigenvalue weighted by molar-refractivity contribution is 0.0527. The lowest BCUT2D eigenvalue weighted by atomic mass is 10.2. The van der Waals surface area contributed by atoms with Crippen molar-refractivity contribution in [3.05, 3.63) is 52.0 Å². The van der Waals surface area contributed by atoms with Crippen LogP contribution in [0.25, 0.3) is 0 Å². The topological polar surface area (TPSA) is 81.7 Å². The van der Waals surface area contributed by atoms with Crippen LogP contribution in [0.1, 0.15) is 17.3 Å². The van der Waals surface area contributed by atoms with Crippen LogP contribution in [0.3, 0.4) is 0 Å². The van der Waals surface area contributed by atoms with Gasteiger partial charge in [0.25, 0.3) is 10.0 Å². The third-order valence-electron chi connectivity index (χ3n) is 3.19. The standard InChI is InChI=1S/C16H15Cl2NO5S/c1-3-24-16(20)10-6-4-5-7-11(10)19-25(21,22)13-9-8-12(23-2)14(17)15(13)18/h4-9,19H,3H2,1-2H3. The molecular formula is C16H15Cl2NO5S. The molecule has 0 aliphatic carbocycles. The van der Waals surface area contributed by atoms with Gasteiger partial charge in [-0.3, -0.25) is 4.72 Å². The average Bonchev–Trinajstić information content (AvgIpc) is 2.57. The lowest BCUT2D eigenvalue weighted by Crippen LogP contribution is -2.17. The Balaban J connectivity index is 2.44. The van der Waals surface area contributed by atoms with Gasteiger partial charge in [0.05, 0.1) is 30.0 Å². The first-order valence-corrected chi connectivity index (χ1v) is 9.36. The largest absolute Gasteiger partial charge is 0.495 e. The highest BCUT2D eigenvalue weighted by Crippen LogP contribution is 2.37. The molecule has 25 heavy (non-hydrogen) atoms. The van der Waals surface area contributed by atoms with Crippen LogP contribution in [-0.4, -0.2) is 28.1 Å². The summed E-state index contributed by atoms with van der Waals surface area (Å²) in [4.78, 5) is 11.7. The van der Waals surface area contributed by atoms with Gasteiger partial charge in [-0.05, 0) is 31.2 Å². The summed E-state index contributed by atoms with van der Waals surface area (Å²) in [6.07, 6.45) is 0. The number of methoxy groups -OCH3 is 1. The third-order valence-corrected chi connectivity index (χ3v) is 5.57. The summed E-state index contributed by atoms with van der Waals surface area (Å²) in [5.41, 5.74) is 0.160. The molecule has 2 aromatic carbocycles. The van der Waals surface area contributed by atoms with E-state index in [9.17, 15) is 13.2 Å². The predicted octanol–water partition coefficient (Wildman–Crippen LogP) is 3.98. The van der Waals surface area contributed by atoms with E-state index in [1.165, 1.54) is 31.4 Å². The number of hydrogen-bond donors (Lipinski definition) is 1. The molecule has 134 valence electrons. The first-order valence-electron chi connectivity index (χ1n) is 7.12. The summed E-state index contributed by atoms with van der Waals surface area (Å²) in [5.74, 6) is -0.391. The number of para-hydroxylation sites is 1. The van der Waals surface area contributed by atoms with Crippen molar-refractivity contribution in [3.8, 4) is 5.75 Å².